The maximum absolute atomic E-state index is 12.6. The number of nitrogens with zero attached hydrogens (tertiary/aromatic N) is 1. The van der Waals surface area contributed by atoms with Crippen molar-refractivity contribution in [2.75, 3.05) is 30.8 Å². The Hall–Kier alpha value is -2.86. The molecule has 29 heavy (non-hydrogen) atoms. The highest BCUT2D eigenvalue weighted by Crippen LogP contribution is 2.27. The van der Waals surface area contributed by atoms with Crippen molar-refractivity contribution in [1.82, 2.24) is 4.90 Å². The van der Waals surface area contributed by atoms with Gasteiger partial charge in [0.25, 0.3) is 0 Å². The molecule has 2 aromatic carbocycles. The van der Waals surface area contributed by atoms with Crippen LogP contribution in [0.4, 0.5) is 11.4 Å². The average molecular weight is 396 g/mol. The molecular formula is C23H29N3O3. The highest BCUT2D eigenvalue weighted by molar-refractivity contribution is 5.93. The Bertz CT molecular complexity index is 877. The third-order valence-corrected chi connectivity index (χ3v) is 5.06. The Balaban J connectivity index is 1.51. The first kappa shape index (κ1) is 20.9. The zero-order chi connectivity index (χ0) is 20.8. The van der Waals surface area contributed by atoms with E-state index in [-0.39, 0.29) is 11.8 Å². The van der Waals surface area contributed by atoms with Crippen molar-refractivity contribution in [2.24, 2.45) is 0 Å². The summed E-state index contributed by atoms with van der Waals surface area (Å²) in [4.78, 5) is 27.0. The number of anilines is 2. The molecule has 0 saturated heterocycles. The monoisotopic (exact) mass is 395 g/mol. The van der Waals surface area contributed by atoms with E-state index in [1.54, 1.807) is 13.2 Å². The van der Waals surface area contributed by atoms with E-state index in [4.69, 9.17) is 4.74 Å². The van der Waals surface area contributed by atoms with Crippen molar-refractivity contribution in [3.05, 3.63) is 53.6 Å². The molecule has 0 radical (unpaired) electrons. The molecule has 0 aromatic heterocycles. The third kappa shape index (κ3) is 6.32. The van der Waals surface area contributed by atoms with Gasteiger partial charge in [-0.3, -0.25) is 14.5 Å². The van der Waals surface area contributed by atoms with Crippen LogP contribution in [0.3, 0.4) is 0 Å². The Labute approximate surface area is 172 Å². The maximum Gasteiger partial charge on any atom is 0.238 e. The normalized spacial score (nSPS) is 13.2. The summed E-state index contributed by atoms with van der Waals surface area (Å²) in [6, 6.07) is 13.7. The molecule has 0 aliphatic heterocycles. The summed E-state index contributed by atoms with van der Waals surface area (Å²) in [5.41, 5.74) is 3.71. The lowest BCUT2D eigenvalue weighted by Crippen LogP contribution is -2.37. The van der Waals surface area contributed by atoms with Crippen LogP contribution in [0.2, 0.25) is 0 Å². The van der Waals surface area contributed by atoms with E-state index in [2.05, 4.69) is 15.5 Å². The Morgan fingerprint density at radius 2 is 1.86 bits per heavy atom. The second kappa shape index (κ2) is 9.56. The molecule has 2 N–H and O–H groups in total. The number of carbonyl (C=O) groups excluding carboxylic acids is 2. The van der Waals surface area contributed by atoms with E-state index in [9.17, 15) is 9.59 Å². The summed E-state index contributed by atoms with van der Waals surface area (Å²) in [5.74, 6) is 0.586. The van der Waals surface area contributed by atoms with Gasteiger partial charge in [-0.25, -0.2) is 0 Å². The van der Waals surface area contributed by atoms with Gasteiger partial charge in [0.1, 0.15) is 5.75 Å². The van der Waals surface area contributed by atoms with Crippen molar-refractivity contribution >= 4 is 23.2 Å². The van der Waals surface area contributed by atoms with Gasteiger partial charge >= 0.3 is 0 Å². The highest BCUT2D eigenvalue weighted by Gasteiger charge is 2.30. The van der Waals surface area contributed by atoms with E-state index in [0.717, 1.165) is 29.7 Å². The zero-order valence-electron chi connectivity index (χ0n) is 17.3. The van der Waals surface area contributed by atoms with Gasteiger partial charge in [-0.05, 0) is 56.0 Å². The van der Waals surface area contributed by atoms with Gasteiger partial charge in [-0.2, -0.15) is 0 Å². The summed E-state index contributed by atoms with van der Waals surface area (Å²) in [5, 5.41) is 5.90. The van der Waals surface area contributed by atoms with Crippen molar-refractivity contribution in [1.29, 1.82) is 0 Å². The lowest BCUT2D eigenvalue weighted by molar-refractivity contribution is -0.119. The van der Waals surface area contributed by atoms with Crippen LogP contribution in [-0.4, -0.2) is 43.0 Å². The largest absolute Gasteiger partial charge is 0.497 e. The molecule has 0 bridgehead atoms. The molecule has 6 heteroatoms. The summed E-state index contributed by atoms with van der Waals surface area (Å²) >= 11 is 0. The molecule has 1 saturated carbocycles. The molecule has 154 valence electrons. The van der Waals surface area contributed by atoms with Crippen LogP contribution in [0, 0.1) is 13.8 Å². The number of amides is 2. The standard InChI is InChI=1S/C23H29N3O3/c1-16-7-8-17(2)21(13-16)25-23(28)15-26(19-9-10-19)12-11-22(27)24-18-5-4-6-20(14-18)29-3/h4-8,13-14,19H,9-12,15H2,1-3H3,(H,24,27)(H,25,28). The lowest BCUT2D eigenvalue weighted by atomic mass is 10.1. The molecule has 2 aromatic rings. The minimum Gasteiger partial charge on any atom is -0.497 e. The molecule has 0 unspecified atom stereocenters. The number of benzene rings is 2. The number of rotatable bonds is 9. The van der Waals surface area contributed by atoms with Crippen molar-refractivity contribution < 1.29 is 14.3 Å². The molecule has 0 spiro atoms. The number of methoxy groups -OCH3 is 1. The van der Waals surface area contributed by atoms with Crippen LogP contribution in [0.25, 0.3) is 0 Å². The Kier molecular flexibility index (Phi) is 6.88. The zero-order valence-corrected chi connectivity index (χ0v) is 17.3. The van der Waals surface area contributed by atoms with Gasteiger partial charge in [0, 0.05) is 36.4 Å². The molecule has 3 rings (SSSR count). The second-order valence-electron chi connectivity index (χ2n) is 7.60. The third-order valence-electron chi connectivity index (χ3n) is 5.06. The van der Waals surface area contributed by atoms with Crippen LogP contribution < -0.4 is 15.4 Å². The predicted octanol–water partition coefficient (Wildman–Crippen LogP) is 3.74. The Morgan fingerprint density at radius 1 is 1.07 bits per heavy atom. The van der Waals surface area contributed by atoms with Gasteiger partial charge in [-0.1, -0.05) is 18.2 Å². The quantitative estimate of drug-likeness (QED) is 0.679. The minimum absolute atomic E-state index is 0.0428. The van der Waals surface area contributed by atoms with Crippen LogP contribution in [0.15, 0.2) is 42.5 Å². The van der Waals surface area contributed by atoms with Gasteiger partial charge < -0.3 is 15.4 Å². The van der Waals surface area contributed by atoms with Crippen LogP contribution in [-0.2, 0) is 9.59 Å². The molecular weight excluding hydrogens is 366 g/mol. The number of hydrogen-bond donors (Lipinski definition) is 2. The van der Waals surface area contributed by atoms with E-state index >= 15 is 0 Å². The van der Waals surface area contributed by atoms with Crippen LogP contribution in [0.1, 0.15) is 30.4 Å². The van der Waals surface area contributed by atoms with Gasteiger partial charge in [-0.15, -0.1) is 0 Å². The molecule has 1 aliphatic rings. The fourth-order valence-corrected chi connectivity index (χ4v) is 3.24. The maximum atomic E-state index is 12.6. The smallest absolute Gasteiger partial charge is 0.238 e. The summed E-state index contributed by atoms with van der Waals surface area (Å²) < 4.78 is 5.18. The Morgan fingerprint density at radius 3 is 2.59 bits per heavy atom. The number of carbonyl (C=O) groups is 2. The van der Waals surface area contributed by atoms with Gasteiger partial charge in [0.2, 0.25) is 11.8 Å². The predicted molar refractivity (Wildman–Crippen MR) is 115 cm³/mol. The summed E-state index contributed by atoms with van der Waals surface area (Å²) in [6.07, 6.45) is 2.49. The minimum atomic E-state index is -0.0705. The van der Waals surface area contributed by atoms with Crippen LogP contribution >= 0.6 is 0 Å². The molecule has 6 nitrogen and oxygen atoms in total. The van der Waals surface area contributed by atoms with Gasteiger partial charge in [0.15, 0.2) is 0 Å². The second-order valence-corrected chi connectivity index (χ2v) is 7.60. The summed E-state index contributed by atoms with van der Waals surface area (Å²) in [7, 11) is 1.59. The molecule has 1 aliphatic carbocycles. The van der Waals surface area contributed by atoms with E-state index in [0.29, 0.717) is 37.0 Å². The van der Waals surface area contributed by atoms with E-state index in [1.807, 2.05) is 50.2 Å². The first-order valence-corrected chi connectivity index (χ1v) is 9.99. The fraction of sp³-hybridized carbons (Fsp3) is 0.391. The van der Waals surface area contributed by atoms with Gasteiger partial charge in [0.05, 0.1) is 13.7 Å². The van der Waals surface area contributed by atoms with Crippen molar-refractivity contribution in [3.63, 3.8) is 0 Å². The highest BCUT2D eigenvalue weighted by atomic mass is 16.5. The van der Waals surface area contributed by atoms with E-state index < -0.39 is 0 Å². The number of aryl methyl sites for hydroxylation is 2. The lowest BCUT2D eigenvalue weighted by Gasteiger charge is -2.21. The molecule has 2 amide bonds. The number of hydrogen-bond acceptors (Lipinski definition) is 4. The van der Waals surface area contributed by atoms with Crippen molar-refractivity contribution in [2.45, 2.75) is 39.2 Å². The SMILES string of the molecule is COc1cccc(NC(=O)CCN(CC(=O)Nc2cc(C)ccc2C)C2CC2)c1. The first-order chi connectivity index (χ1) is 13.9. The average Bonchev–Trinajstić information content (AvgIpc) is 3.53. The topological polar surface area (TPSA) is 70.7 Å². The first-order valence-electron chi connectivity index (χ1n) is 9.99. The molecule has 0 heterocycles. The number of ether oxygens (including phenoxy) is 1. The number of nitrogens with one attached hydrogen (secondary N) is 2. The van der Waals surface area contributed by atoms with E-state index in [1.165, 1.54) is 0 Å². The van der Waals surface area contributed by atoms with Crippen molar-refractivity contribution in [3.8, 4) is 5.75 Å². The summed E-state index contributed by atoms with van der Waals surface area (Å²) in [6.45, 7) is 4.84. The van der Waals surface area contributed by atoms with Crippen LogP contribution in [0.5, 0.6) is 5.75 Å². The fourth-order valence-electron chi connectivity index (χ4n) is 3.24. The molecule has 0 atom stereocenters. The molecule has 1 fully saturated rings.